The van der Waals surface area contributed by atoms with Gasteiger partial charge in [0, 0.05) is 17.9 Å². The summed E-state index contributed by atoms with van der Waals surface area (Å²) in [5, 5.41) is -0.0721. The first-order chi connectivity index (χ1) is 10.1. The van der Waals surface area contributed by atoms with E-state index in [1.165, 1.54) is 5.56 Å². The third-order valence-corrected chi connectivity index (χ3v) is 4.87. The van der Waals surface area contributed by atoms with E-state index < -0.39 is 0 Å². The molecule has 0 bridgehead atoms. The van der Waals surface area contributed by atoms with Crippen LogP contribution in [0.2, 0.25) is 0 Å². The Hall–Kier alpha value is -1.75. The van der Waals surface area contributed by atoms with Gasteiger partial charge < -0.3 is 9.88 Å². The predicted molar refractivity (Wildman–Crippen MR) is 84.2 cm³/mol. The van der Waals surface area contributed by atoms with Crippen molar-refractivity contribution in [2.75, 3.05) is 6.54 Å². The highest BCUT2D eigenvalue weighted by atomic mass is 32.2. The molecule has 1 aliphatic heterocycles. The highest BCUT2D eigenvalue weighted by molar-refractivity contribution is 8.00. The number of carbonyl (C=O) groups excluding carboxylic acids is 1. The van der Waals surface area contributed by atoms with Crippen LogP contribution < -0.4 is 0 Å². The number of aryl methyl sites for hydroxylation is 1. The van der Waals surface area contributed by atoms with Gasteiger partial charge in [0.1, 0.15) is 0 Å². The first-order valence-electron chi connectivity index (χ1n) is 7.16. The van der Waals surface area contributed by atoms with E-state index >= 15 is 0 Å². The zero-order valence-corrected chi connectivity index (χ0v) is 13.1. The molecule has 1 amide bonds. The number of H-pyrrole nitrogens is 1. The summed E-state index contributed by atoms with van der Waals surface area (Å²) >= 11 is 1.62. The standard InChI is InChI=1S/C16H19N3OS/c1-11-3-5-13(6-4-11)21-12(2)16(20)19-8-7-14-15(9-19)18-10-17-14/h3-6,10,12H,7-9H2,1-2H3,(H,17,18)/t12-/m1/s1. The summed E-state index contributed by atoms with van der Waals surface area (Å²) in [6.45, 7) is 5.45. The number of fused-ring (bicyclic) bond motifs is 1. The van der Waals surface area contributed by atoms with E-state index in [9.17, 15) is 4.79 Å². The number of aromatic amines is 1. The fraction of sp³-hybridized carbons (Fsp3) is 0.375. The maximum absolute atomic E-state index is 12.6. The van der Waals surface area contributed by atoms with Crippen LogP contribution in [0.3, 0.4) is 0 Å². The normalized spacial score (nSPS) is 15.6. The van der Waals surface area contributed by atoms with Gasteiger partial charge in [-0.1, -0.05) is 17.7 Å². The van der Waals surface area contributed by atoms with Crippen LogP contribution in [0, 0.1) is 6.92 Å². The average molecular weight is 301 g/mol. The number of amides is 1. The molecule has 2 heterocycles. The summed E-state index contributed by atoms with van der Waals surface area (Å²) < 4.78 is 0. The van der Waals surface area contributed by atoms with Crippen molar-refractivity contribution in [3.8, 4) is 0 Å². The van der Waals surface area contributed by atoms with Crippen molar-refractivity contribution in [2.24, 2.45) is 0 Å². The van der Waals surface area contributed by atoms with Crippen LogP contribution in [-0.2, 0) is 17.8 Å². The van der Waals surface area contributed by atoms with E-state index in [0.717, 1.165) is 29.2 Å². The van der Waals surface area contributed by atoms with Gasteiger partial charge in [-0.3, -0.25) is 4.79 Å². The molecule has 0 saturated carbocycles. The van der Waals surface area contributed by atoms with Crippen LogP contribution in [0.15, 0.2) is 35.5 Å². The second-order valence-corrected chi connectivity index (χ2v) is 6.82. The number of carbonyl (C=O) groups is 1. The van der Waals surface area contributed by atoms with E-state index in [4.69, 9.17) is 0 Å². The van der Waals surface area contributed by atoms with E-state index in [1.807, 2.05) is 11.8 Å². The average Bonchev–Trinajstić information content (AvgIpc) is 2.96. The molecule has 1 aromatic carbocycles. The molecule has 110 valence electrons. The SMILES string of the molecule is Cc1ccc(S[C@H](C)C(=O)N2CCc3nc[nH]c3C2)cc1. The smallest absolute Gasteiger partial charge is 0.236 e. The van der Waals surface area contributed by atoms with Gasteiger partial charge >= 0.3 is 0 Å². The molecule has 0 unspecified atom stereocenters. The predicted octanol–water partition coefficient (Wildman–Crippen LogP) is 2.78. The number of aromatic nitrogens is 2. The van der Waals surface area contributed by atoms with Crippen molar-refractivity contribution in [1.29, 1.82) is 0 Å². The Morgan fingerprint density at radius 1 is 1.38 bits per heavy atom. The summed E-state index contributed by atoms with van der Waals surface area (Å²) in [6, 6.07) is 8.31. The largest absolute Gasteiger partial charge is 0.347 e. The first kappa shape index (κ1) is 14.2. The van der Waals surface area contributed by atoms with Gasteiger partial charge in [-0.2, -0.15) is 0 Å². The van der Waals surface area contributed by atoms with Crippen molar-refractivity contribution >= 4 is 17.7 Å². The quantitative estimate of drug-likeness (QED) is 0.887. The Kier molecular flexibility index (Phi) is 4.01. The van der Waals surface area contributed by atoms with Crippen molar-refractivity contribution < 1.29 is 4.79 Å². The van der Waals surface area contributed by atoms with Crippen LogP contribution in [0.4, 0.5) is 0 Å². The maximum atomic E-state index is 12.6. The molecule has 1 aromatic heterocycles. The molecule has 0 radical (unpaired) electrons. The van der Waals surface area contributed by atoms with Gasteiger partial charge in [0.15, 0.2) is 0 Å². The van der Waals surface area contributed by atoms with Crippen molar-refractivity contribution in [2.45, 2.75) is 37.0 Å². The minimum absolute atomic E-state index is 0.0721. The zero-order chi connectivity index (χ0) is 14.8. The number of rotatable bonds is 3. The lowest BCUT2D eigenvalue weighted by Gasteiger charge is -2.28. The molecule has 0 saturated heterocycles. The third kappa shape index (κ3) is 3.13. The summed E-state index contributed by atoms with van der Waals surface area (Å²) in [7, 11) is 0. The van der Waals surface area contributed by atoms with Crippen LogP contribution >= 0.6 is 11.8 Å². The van der Waals surface area contributed by atoms with Crippen LogP contribution in [0.1, 0.15) is 23.9 Å². The fourth-order valence-corrected chi connectivity index (χ4v) is 3.48. The van der Waals surface area contributed by atoms with Gasteiger partial charge in [0.2, 0.25) is 5.91 Å². The molecule has 2 aromatic rings. The number of nitrogens with zero attached hydrogens (tertiary/aromatic N) is 2. The van der Waals surface area contributed by atoms with E-state index in [2.05, 4.69) is 41.2 Å². The molecule has 0 spiro atoms. The monoisotopic (exact) mass is 301 g/mol. The molecular weight excluding hydrogens is 282 g/mol. The minimum Gasteiger partial charge on any atom is -0.347 e. The Labute approximate surface area is 129 Å². The topological polar surface area (TPSA) is 49.0 Å². The lowest BCUT2D eigenvalue weighted by Crippen LogP contribution is -2.40. The van der Waals surface area contributed by atoms with Crippen molar-refractivity contribution in [1.82, 2.24) is 14.9 Å². The molecular formula is C16H19N3OS. The maximum Gasteiger partial charge on any atom is 0.236 e. The lowest BCUT2D eigenvalue weighted by molar-refractivity contribution is -0.131. The third-order valence-electron chi connectivity index (χ3n) is 3.77. The minimum atomic E-state index is -0.0721. The van der Waals surface area contributed by atoms with Crippen molar-refractivity contribution in [3.63, 3.8) is 0 Å². The molecule has 5 heteroatoms. The fourth-order valence-electron chi connectivity index (χ4n) is 2.53. The second-order valence-electron chi connectivity index (χ2n) is 5.41. The first-order valence-corrected chi connectivity index (χ1v) is 8.04. The highest BCUT2D eigenvalue weighted by Crippen LogP contribution is 2.26. The number of benzene rings is 1. The molecule has 3 rings (SSSR count). The second kappa shape index (κ2) is 5.93. The Bertz CT molecular complexity index is 635. The van der Waals surface area contributed by atoms with E-state index in [0.29, 0.717) is 6.54 Å². The molecule has 1 aliphatic rings. The van der Waals surface area contributed by atoms with Crippen molar-refractivity contribution in [3.05, 3.63) is 47.5 Å². The summed E-state index contributed by atoms with van der Waals surface area (Å²) in [5.41, 5.74) is 3.40. The molecule has 0 aliphatic carbocycles. The highest BCUT2D eigenvalue weighted by Gasteiger charge is 2.26. The van der Waals surface area contributed by atoms with Gasteiger partial charge in [-0.05, 0) is 26.0 Å². The van der Waals surface area contributed by atoms with Gasteiger partial charge in [-0.15, -0.1) is 11.8 Å². The number of hydrogen-bond acceptors (Lipinski definition) is 3. The van der Waals surface area contributed by atoms with Gasteiger partial charge in [-0.25, -0.2) is 4.98 Å². The zero-order valence-electron chi connectivity index (χ0n) is 12.3. The molecule has 0 fully saturated rings. The summed E-state index contributed by atoms with van der Waals surface area (Å²) in [4.78, 5) is 23.0. The number of thioether (sulfide) groups is 1. The molecule has 4 nitrogen and oxygen atoms in total. The molecule has 1 N–H and O–H groups in total. The number of hydrogen-bond donors (Lipinski definition) is 1. The number of imidazole rings is 1. The lowest BCUT2D eigenvalue weighted by atomic mass is 10.1. The summed E-state index contributed by atoms with van der Waals surface area (Å²) in [5.74, 6) is 0.195. The van der Waals surface area contributed by atoms with E-state index in [1.54, 1.807) is 18.1 Å². The van der Waals surface area contributed by atoms with Crippen LogP contribution in [0.25, 0.3) is 0 Å². The Balaban J connectivity index is 1.64. The Morgan fingerprint density at radius 3 is 2.90 bits per heavy atom. The van der Waals surface area contributed by atoms with E-state index in [-0.39, 0.29) is 11.2 Å². The number of nitrogens with one attached hydrogen (secondary N) is 1. The Morgan fingerprint density at radius 2 is 2.14 bits per heavy atom. The van der Waals surface area contributed by atoms with Gasteiger partial charge in [0.05, 0.1) is 29.5 Å². The van der Waals surface area contributed by atoms with Crippen LogP contribution in [-0.4, -0.2) is 32.6 Å². The van der Waals surface area contributed by atoms with Gasteiger partial charge in [0.25, 0.3) is 0 Å². The molecule has 21 heavy (non-hydrogen) atoms. The summed E-state index contributed by atoms with van der Waals surface area (Å²) in [6.07, 6.45) is 2.55. The molecule has 1 atom stereocenters. The van der Waals surface area contributed by atoms with Crippen LogP contribution in [0.5, 0.6) is 0 Å².